The molecule has 0 spiro atoms. The van der Waals surface area contributed by atoms with Crippen molar-refractivity contribution in [2.24, 2.45) is 0 Å². The van der Waals surface area contributed by atoms with Crippen LogP contribution in [0, 0.1) is 0 Å². The lowest BCUT2D eigenvalue weighted by atomic mass is 9.98. The lowest BCUT2D eigenvalue weighted by Crippen LogP contribution is -2.09. The molecular weight excluding hydrogens is 661 g/mol. The maximum atomic E-state index is 6.63. The van der Waals surface area contributed by atoms with Gasteiger partial charge in [0.1, 0.15) is 11.2 Å². The Kier molecular flexibility index (Phi) is 7.73. The number of hydrogen-bond acceptors (Lipinski definition) is 5. The number of para-hydroxylation sites is 1. The zero-order valence-electron chi connectivity index (χ0n) is 29.2. The topological polar surface area (TPSA) is 55.1 Å². The van der Waals surface area contributed by atoms with Gasteiger partial charge in [-0.2, -0.15) is 0 Å². The Morgan fingerprint density at radius 2 is 0.833 bits per heavy atom. The predicted octanol–water partition coefficient (Wildman–Crippen LogP) is 13.1. The summed E-state index contributed by atoms with van der Waals surface area (Å²) in [5.41, 5.74) is 9.82. The maximum Gasteiger partial charge on any atom is 0.164 e. The fourth-order valence-electron chi connectivity index (χ4n) is 7.27. The minimum Gasteiger partial charge on any atom is -0.456 e. The van der Waals surface area contributed by atoms with E-state index < -0.39 is 0 Å². The minimum atomic E-state index is 0.591. The van der Waals surface area contributed by atoms with Crippen molar-refractivity contribution in [2.45, 2.75) is 0 Å². The standard InChI is InChI=1S/C49H32N4O/c1-4-14-35(15-5-1)47-50-48(36-16-6-2-7-17-36)52-49(51-47)37-25-29-43-44-30-28-40(32-46(44)54-45(43)31-37)53(38-19-8-3-9-20-38)39-26-23-34(24-27-39)42-22-12-18-33-13-10-11-21-41(33)42/h1-32H. The van der Waals surface area contributed by atoms with Crippen LogP contribution in [0.15, 0.2) is 199 Å². The maximum absolute atomic E-state index is 6.63. The van der Waals surface area contributed by atoms with Crippen molar-refractivity contribution in [2.75, 3.05) is 4.90 Å². The molecule has 5 heteroatoms. The summed E-state index contributed by atoms with van der Waals surface area (Å²) in [7, 11) is 0. The van der Waals surface area contributed by atoms with E-state index in [1.807, 2.05) is 72.8 Å². The lowest BCUT2D eigenvalue weighted by Gasteiger charge is -2.25. The van der Waals surface area contributed by atoms with E-state index in [1.54, 1.807) is 0 Å². The summed E-state index contributed by atoms with van der Waals surface area (Å²) in [5.74, 6) is 1.84. The van der Waals surface area contributed by atoms with Gasteiger partial charge in [-0.25, -0.2) is 15.0 Å². The highest BCUT2D eigenvalue weighted by molar-refractivity contribution is 6.07. The third-order valence-corrected chi connectivity index (χ3v) is 9.91. The van der Waals surface area contributed by atoms with E-state index in [0.717, 1.165) is 55.7 Å². The normalized spacial score (nSPS) is 11.3. The first kappa shape index (κ1) is 31.4. The van der Waals surface area contributed by atoms with E-state index >= 15 is 0 Å². The Labute approximate surface area is 312 Å². The average Bonchev–Trinajstić information content (AvgIpc) is 3.62. The highest BCUT2D eigenvalue weighted by Crippen LogP contribution is 2.40. The number of aromatic nitrogens is 3. The molecule has 0 saturated heterocycles. The van der Waals surface area contributed by atoms with Crippen molar-refractivity contribution in [3.05, 3.63) is 194 Å². The number of hydrogen-bond donors (Lipinski definition) is 0. The highest BCUT2D eigenvalue weighted by Gasteiger charge is 2.18. The van der Waals surface area contributed by atoms with Gasteiger partial charge in [-0.1, -0.05) is 140 Å². The Balaban J connectivity index is 1.05. The molecule has 0 saturated carbocycles. The van der Waals surface area contributed by atoms with Gasteiger partial charge in [-0.15, -0.1) is 0 Å². The van der Waals surface area contributed by atoms with Gasteiger partial charge in [0.25, 0.3) is 0 Å². The smallest absolute Gasteiger partial charge is 0.164 e. The number of furan rings is 1. The Bertz CT molecular complexity index is 2860. The number of benzene rings is 8. The summed E-state index contributed by atoms with van der Waals surface area (Å²) >= 11 is 0. The largest absolute Gasteiger partial charge is 0.456 e. The molecule has 54 heavy (non-hydrogen) atoms. The first-order valence-electron chi connectivity index (χ1n) is 18.0. The number of anilines is 3. The fraction of sp³-hybridized carbons (Fsp3) is 0. The Morgan fingerprint density at radius 3 is 1.52 bits per heavy atom. The molecule has 0 atom stereocenters. The summed E-state index contributed by atoms with van der Waals surface area (Å²) in [6.45, 7) is 0. The SMILES string of the molecule is c1ccc(-c2nc(-c3ccccc3)nc(-c3ccc4c(c3)oc3cc(N(c5ccccc5)c5ccc(-c6cccc7ccccc67)cc5)ccc34)n2)cc1. The van der Waals surface area contributed by atoms with Crippen LogP contribution in [0.25, 0.3) is 78.0 Å². The summed E-state index contributed by atoms with van der Waals surface area (Å²) in [6.07, 6.45) is 0. The van der Waals surface area contributed by atoms with E-state index in [-0.39, 0.29) is 0 Å². The van der Waals surface area contributed by atoms with Gasteiger partial charge in [0.15, 0.2) is 17.5 Å². The zero-order valence-corrected chi connectivity index (χ0v) is 29.2. The van der Waals surface area contributed by atoms with Crippen LogP contribution >= 0.6 is 0 Å². The second-order valence-corrected chi connectivity index (χ2v) is 13.3. The molecule has 10 rings (SSSR count). The van der Waals surface area contributed by atoms with Gasteiger partial charge in [0, 0.05) is 50.6 Å². The molecule has 0 amide bonds. The van der Waals surface area contributed by atoms with Crippen molar-refractivity contribution >= 4 is 49.8 Å². The Morgan fingerprint density at radius 1 is 0.333 bits per heavy atom. The van der Waals surface area contributed by atoms with Crippen LogP contribution in [0.2, 0.25) is 0 Å². The third-order valence-electron chi connectivity index (χ3n) is 9.91. The summed E-state index contributed by atoms with van der Waals surface area (Å²) in [6, 6.07) is 67.0. The van der Waals surface area contributed by atoms with Crippen molar-refractivity contribution in [1.82, 2.24) is 15.0 Å². The second-order valence-electron chi connectivity index (χ2n) is 13.3. The molecule has 2 heterocycles. The van der Waals surface area contributed by atoms with E-state index in [2.05, 4.69) is 126 Å². The average molecular weight is 693 g/mol. The first-order chi connectivity index (χ1) is 26.7. The molecule has 2 aromatic heterocycles. The van der Waals surface area contributed by atoms with Gasteiger partial charge < -0.3 is 9.32 Å². The molecule has 10 aromatic rings. The van der Waals surface area contributed by atoms with Crippen molar-refractivity contribution in [3.63, 3.8) is 0 Å². The quantitative estimate of drug-likeness (QED) is 0.166. The van der Waals surface area contributed by atoms with Gasteiger partial charge >= 0.3 is 0 Å². The highest BCUT2D eigenvalue weighted by atomic mass is 16.3. The van der Waals surface area contributed by atoms with Gasteiger partial charge in [0.05, 0.1) is 0 Å². The third kappa shape index (κ3) is 5.74. The molecule has 5 nitrogen and oxygen atoms in total. The van der Waals surface area contributed by atoms with Crippen LogP contribution < -0.4 is 4.90 Å². The van der Waals surface area contributed by atoms with Gasteiger partial charge in [-0.05, 0) is 70.4 Å². The molecule has 0 unspecified atom stereocenters. The molecule has 0 aliphatic heterocycles. The minimum absolute atomic E-state index is 0.591. The zero-order chi connectivity index (χ0) is 35.8. The van der Waals surface area contributed by atoms with Crippen LogP contribution in [-0.4, -0.2) is 15.0 Å². The van der Waals surface area contributed by atoms with Crippen LogP contribution in [0.5, 0.6) is 0 Å². The Hall–Kier alpha value is -7.37. The van der Waals surface area contributed by atoms with E-state index in [4.69, 9.17) is 19.4 Å². The molecule has 8 aromatic carbocycles. The lowest BCUT2D eigenvalue weighted by molar-refractivity contribution is 0.669. The van der Waals surface area contributed by atoms with Crippen LogP contribution in [0.1, 0.15) is 0 Å². The molecular formula is C49H32N4O. The first-order valence-corrected chi connectivity index (χ1v) is 18.0. The predicted molar refractivity (Wildman–Crippen MR) is 221 cm³/mol. The number of nitrogens with zero attached hydrogens (tertiary/aromatic N) is 4. The van der Waals surface area contributed by atoms with E-state index in [1.165, 1.54) is 21.9 Å². The van der Waals surface area contributed by atoms with Crippen molar-refractivity contribution in [1.29, 1.82) is 0 Å². The molecule has 0 bridgehead atoms. The second kappa shape index (κ2) is 13.3. The van der Waals surface area contributed by atoms with Gasteiger partial charge in [0.2, 0.25) is 0 Å². The van der Waals surface area contributed by atoms with Crippen LogP contribution in [-0.2, 0) is 0 Å². The van der Waals surface area contributed by atoms with E-state index in [9.17, 15) is 0 Å². The fourth-order valence-corrected chi connectivity index (χ4v) is 7.27. The molecule has 0 fully saturated rings. The molecule has 254 valence electrons. The molecule has 0 radical (unpaired) electrons. The molecule has 0 aliphatic rings. The summed E-state index contributed by atoms with van der Waals surface area (Å²) < 4.78 is 6.63. The van der Waals surface area contributed by atoms with E-state index in [0.29, 0.717) is 17.5 Å². The van der Waals surface area contributed by atoms with Crippen molar-refractivity contribution in [3.8, 4) is 45.3 Å². The van der Waals surface area contributed by atoms with Crippen molar-refractivity contribution < 1.29 is 4.42 Å². The number of rotatable bonds is 7. The van der Waals surface area contributed by atoms with Crippen LogP contribution in [0.4, 0.5) is 17.1 Å². The summed E-state index contributed by atoms with van der Waals surface area (Å²) in [5, 5.41) is 4.56. The summed E-state index contributed by atoms with van der Waals surface area (Å²) in [4.78, 5) is 17.0. The molecule has 0 N–H and O–H groups in total. The monoisotopic (exact) mass is 692 g/mol. The van der Waals surface area contributed by atoms with Crippen LogP contribution in [0.3, 0.4) is 0 Å². The number of fused-ring (bicyclic) bond motifs is 4. The van der Waals surface area contributed by atoms with Gasteiger partial charge in [-0.3, -0.25) is 0 Å². The molecule has 0 aliphatic carbocycles.